The number of carbonyl (C=O) groups excluding carboxylic acids is 1. The molecule has 5 rings (SSSR count). The van der Waals surface area contributed by atoms with Crippen molar-refractivity contribution in [2.24, 2.45) is 0 Å². The highest BCUT2D eigenvalue weighted by molar-refractivity contribution is 6.04. The number of benzene rings is 2. The largest absolute Gasteiger partial charge is 0.507 e. The molecule has 0 aliphatic rings. The first-order valence-electron chi connectivity index (χ1n) is 9.64. The lowest BCUT2D eigenvalue weighted by Gasteiger charge is -2.07. The van der Waals surface area contributed by atoms with E-state index in [1.54, 1.807) is 22.7 Å². The first-order chi connectivity index (χ1) is 15.9. The number of phenolic OH excluding ortho intramolecular Hbond substituents is 1. The van der Waals surface area contributed by atoms with E-state index in [9.17, 15) is 18.7 Å². The van der Waals surface area contributed by atoms with Gasteiger partial charge in [-0.15, -0.1) is 10.2 Å². The van der Waals surface area contributed by atoms with Crippen molar-refractivity contribution < 1.29 is 23.2 Å². The van der Waals surface area contributed by atoms with E-state index in [0.717, 1.165) is 12.1 Å². The van der Waals surface area contributed by atoms with Crippen molar-refractivity contribution in [3.8, 4) is 28.6 Å². The maximum absolute atomic E-state index is 13.3. The van der Waals surface area contributed by atoms with Crippen LogP contribution in [0, 0.1) is 18.6 Å². The van der Waals surface area contributed by atoms with Crippen LogP contribution < -0.4 is 5.32 Å². The van der Waals surface area contributed by atoms with Gasteiger partial charge in [0.1, 0.15) is 23.2 Å². The lowest BCUT2D eigenvalue weighted by atomic mass is 10.1. The summed E-state index contributed by atoms with van der Waals surface area (Å²) in [6, 6.07) is 10.2. The molecule has 0 saturated carbocycles. The number of phenols is 1. The van der Waals surface area contributed by atoms with Gasteiger partial charge in [0.15, 0.2) is 5.65 Å². The zero-order chi connectivity index (χ0) is 23.1. The number of anilines is 1. The van der Waals surface area contributed by atoms with Crippen LogP contribution in [0.15, 0.2) is 59.3 Å². The van der Waals surface area contributed by atoms with Crippen molar-refractivity contribution in [3.63, 3.8) is 0 Å². The summed E-state index contributed by atoms with van der Waals surface area (Å²) >= 11 is 0. The van der Waals surface area contributed by atoms with Gasteiger partial charge in [-0.3, -0.25) is 9.20 Å². The number of aromatic hydroxyl groups is 1. The molecule has 0 unspecified atom stereocenters. The highest BCUT2D eigenvalue weighted by Gasteiger charge is 2.17. The summed E-state index contributed by atoms with van der Waals surface area (Å²) < 4.78 is 33.8. The summed E-state index contributed by atoms with van der Waals surface area (Å²) in [6.07, 6.45) is 1.77. The Kier molecular flexibility index (Phi) is 4.78. The predicted octanol–water partition coefficient (Wildman–Crippen LogP) is 3.99. The van der Waals surface area contributed by atoms with Gasteiger partial charge in [-0.1, -0.05) is 5.16 Å². The molecule has 164 valence electrons. The lowest BCUT2D eigenvalue weighted by molar-refractivity contribution is 0.102. The van der Waals surface area contributed by atoms with Gasteiger partial charge in [0, 0.05) is 35.1 Å². The van der Waals surface area contributed by atoms with Crippen LogP contribution in [0.2, 0.25) is 0 Å². The number of hydrogen-bond acceptors (Lipinski definition) is 7. The zero-order valence-corrected chi connectivity index (χ0v) is 17.0. The average molecular weight is 448 g/mol. The second kappa shape index (κ2) is 7.79. The van der Waals surface area contributed by atoms with Crippen LogP contribution in [0.5, 0.6) is 5.75 Å². The molecular formula is C22H14F2N6O3. The Morgan fingerprint density at radius 1 is 1.06 bits per heavy atom. The summed E-state index contributed by atoms with van der Waals surface area (Å²) in [4.78, 5) is 16.6. The third-order valence-electron chi connectivity index (χ3n) is 4.87. The van der Waals surface area contributed by atoms with Crippen molar-refractivity contribution in [1.29, 1.82) is 0 Å². The third-order valence-corrected chi connectivity index (χ3v) is 4.87. The Labute approximate surface area is 184 Å². The van der Waals surface area contributed by atoms with E-state index in [4.69, 9.17) is 4.52 Å². The van der Waals surface area contributed by atoms with Crippen LogP contribution in [-0.2, 0) is 0 Å². The van der Waals surface area contributed by atoms with Crippen molar-refractivity contribution in [2.45, 2.75) is 6.92 Å². The van der Waals surface area contributed by atoms with E-state index in [0.29, 0.717) is 28.9 Å². The van der Waals surface area contributed by atoms with Crippen LogP contribution in [0.25, 0.3) is 28.5 Å². The summed E-state index contributed by atoms with van der Waals surface area (Å²) in [7, 11) is 0. The SMILES string of the molecule is Cc1nnc2ccc(-c3noc(-c4ccc(NC(=O)c5cc(F)cc(F)c5)cc4O)n3)cn12. The van der Waals surface area contributed by atoms with Gasteiger partial charge in [0.25, 0.3) is 11.8 Å². The Hall–Kier alpha value is -4.67. The number of fused-ring (bicyclic) bond motifs is 1. The molecule has 0 atom stereocenters. The molecule has 2 aromatic carbocycles. The number of amides is 1. The number of pyridine rings is 1. The van der Waals surface area contributed by atoms with Crippen LogP contribution in [0.1, 0.15) is 16.2 Å². The van der Waals surface area contributed by atoms with Crippen LogP contribution in [0.3, 0.4) is 0 Å². The highest BCUT2D eigenvalue weighted by atomic mass is 19.1. The summed E-state index contributed by atoms with van der Waals surface area (Å²) in [6.45, 7) is 1.81. The van der Waals surface area contributed by atoms with Crippen molar-refractivity contribution in [1.82, 2.24) is 24.7 Å². The molecule has 1 amide bonds. The van der Waals surface area contributed by atoms with E-state index < -0.39 is 17.5 Å². The van der Waals surface area contributed by atoms with Crippen LogP contribution in [0.4, 0.5) is 14.5 Å². The number of rotatable bonds is 4. The quantitative estimate of drug-likeness (QED) is 0.427. The molecule has 0 spiro atoms. The molecule has 2 N–H and O–H groups in total. The highest BCUT2D eigenvalue weighted by Crippen LogP contribution is 2.32. The minimum absolute atomic E-state index is 0.0631. The van der Waals surface area contributed by atoms with Gasteiger partial charge >= 0.3 is 0 Å². The minimum Gasteiger partial charge on any atom is -0.507 e. The number of carbonyl (C=O) groups is 1. The Morgan fingerprint density at radius 3 is 2.61 bits per heavy atom. The lowest BCUT2D eigenvalue weighted by Crippen LogP contribution is -2.12. The Morgan fingerprint density at radius 2 is 1.85 bits per heavy atom. The Bertz CT molecular complexity index is 1510. The van der Waals surface area contributed by atoms with Crippen LogP contribution in [-0.4, -0.2) is 35.8 Å². The molecule has 33 heavy (non-hydrogen) atoms. The summed E-state index contributed by atoms with van der Waals surface area (Å²) in [5, 5.41) is 24.9. The minimum atomic E-state index is -0.871. The first kappa shape index (κ1) is 20.2. The van der Waals surface area contributed by atoms with Crippen LogP contribution >= 0.6 is 0 Å². The standard InChI is InChI=1S/C22H14F2N6O3/c1-11-27-28-19-5-2-12(10-30(11)19)20-26-22(33-29-20)17-4-3-16(9-18(17)31)25-21(32)13-6-14(23)8-15(24)7-13/h2-10,31H,1H3,(H,25,32). The van der Waals surface area contributed by atoms with Gasteiger partial charge in [0.05, 0.1) is 5.56 Å². The fraction of sp³-hybridized carbons (Fsp3) is 0.0455. The average Bonchev–Trinajstić information content (AvgIpc) is 3.40. The van der Waals surface area contributed by atoms with E-state index in [-0.39, 0.29) is 28.5 Å². The summed E-state index contributed by atoms with van der Waals surface area (Å²) in [5.74, 6) is -1.66. The molecule has 0 bridgehead atoms. The second-order valence-corrected chi connectivity index (χ2v) is 7.16. The van der Waals surface area contributed by atoms with E-state index >= 15 is 0 Å². The normalized spacial score (nSPS) is 11.1. The number of aryl methyl sites for hydroxylation is 1. The van der Waals surface area contributed by atoms with E-state index in [2.05, 4.69) is 25.7 Å². The molecule has 11 heteroatoms. The zero-order valence-electron chi connectivity index (χ0n) is 17.0. The molecule has 5 aromatic rings. The second-order valence-electron chi connectivity index (χ2n) is 7.16. The molecule has 9 nitrogen and oxygen atoms in total. The molecule has 0 radical (unpaired) electrons. The van der Waals surface area contributed by atoms with Gasteiger partial charge in [-0.05, 0) is 43.3 Å². The summed E-state index contributed by atoms with van der Waals surface area (Å²) in [5.41, 5.74) is 1.59. The number of aromatic nitrogens is 5. The fourth-order valence-electron chi connectivity index (χ4n) is 3.27. The molecule has 3 heterocycles. The monoisotopic (exact) mass is 448 g/mol. The number of hydrogen-bond donors (Lipinski definition) is 2. The van der Waals surface area contributed by atoms with Crippen molar-refractivity contribution >= 4 is 17.2 Å². The first-order valence-corrected chi connectivity index (χ1v) is 9.64. The van der Waals surface area contributed by atoms with E-state index in [1.807, 2.05) is 6.92 Å². The molecule has 0 aliphatic carbocycles. The van der Waals surface area contributed by atoms with Gasteiger partial charge < -0.3 is 14.9 Å². The topological polar surface area (TPSA) is 118 Å². The van der Waals surface area contributed by atoms with Gasteiger partial charge in [-0.25, -0.2) is 8.78 Å². The number of nitrogens with one attached hydrogen (secondary N) is 1. The maximum atomic E-state index is 13.3. The van der Waals surface area contributed by atoms with Gasteiger partial charge in [-0.2, -0.15) is 4.98 Å². The van der Waals surface area contributed by atoms with E-state index in [1.165, 1.54) is 18.2 Å². The maximum Gasteiger partial charge on any atom is 0.262 e. The molecule has 0 fully saturated rings. The third kappa shape index (κ3) is 3.87. The molecule has 0 aliphatic heterocycles. The van der Waals surface area contributed by atoms with Crippen molar-refractivity contribution in [2.75, 3.05) is 5.32 Å². The molecule has 3 aromatic heterocycles. The molecular weight excluding hydrogens is 434 g/mol. The fourth-order valence-corrected chi connectivity index (χ4v) is 3.27. The van der Waals surface area contributed by atoms with Gasteiger partial charge in [0.2, 0.25) is 5.82 Å². The van der Waals surface area contributed by atoms with Crippen molar-refractivity contribution in [3.05, 3.63) is 77.8 Å². The smallest absolute Gasteiger partial charge is 0.262 e. The number of nitrogens with zero attached hydrogens (tertiary/aromatic N) is 5. The molecule has 0 saturated heterocycles. The predicted molar refractivity (Wildman–Crippen MR) is 112 cm³/mol. The Balaban J connectivity index is 1.39. The number of halogens is 2.